The van der Waals surface area contributed by atoms with E-state index in [1.165, 1.54) is 0 Å². The van der Waals surface area contributed by atoms with E-state index in [9.17, 15) is 9.90 Å². The maximum atomic E-state index is 11.7. The average molecular weight is 257 g/mol. The molecule has 1 amide bonds. The molecule has 0 bridgehead atoms. The van der Waals surface area contributed by atoms with Crippen LogP contribution in [-0.4, -0.2) is 60.3 Å². The van der Waals surface area contributed by atoms with Crippen molar-refractivity contribution < 1.29 is 9.90 Å². The molecule has 0 spiro atoms. The number of aliphatic hydroxyl groups excluding tert-OH is 1. The number of hydrogen-bond donors (Lipinski definition) is 3. The van der Waals surface area contributed by atoms with Crippen LogP contribution in [0.15, 0.2) is 0 Å². The molecule has 1 saturated carbocycles. The molecule has 0 saturated heterocycles. The van der Waals surface area contributed by atoms with E-state index in [2.05, 4.69) is 29.4 Å². The smallest absolute Gasteiger partial charge is 0.237 e. The molecule has 1 rings (SSSR count). The van der Waals surface area contributed by atoms with Crippen LogP contribution in [0.1, 0.15) is 33.6 Å². The molecule has 0 aromatic heterocycles. The molecule has 5 heteroatoms. The molecule has 3 N–H and O–H groups in total. The summed E-state index contributed by atoms with van der Waals surface area (Å²) in [5.74, 6) is 0.0348. The van der Waals surface area contributed by atoms with E-state index in [1.807, 2.05) is 6.92 Å². The number of carbonyl (C=O) groups excluding carboxylic acids is 1. The van der Waals surface area contributed by atoms with Crippen molar-refractivity contribution >= 4 is 5.91 Å². The summed E-state index contributed by atoms with van der Waals surface area (Å²) in [5.41, 5.74) is 0. The van der Waals surface area contributed by atoms with E-state index in [-0.39, 0.29) is 11.9 Å². The van der Waals surface area contributed by atoms with Gasteiger partial charge in [-0.2, -0.15) is 0 Å². The second-order valence-corrected chi connectivity index (χ2v) is 5.05. The lowest BCUT2D eigenvalue weighted by molar-refractivity contribution is -0.123. The third-order valence-corrected chi connectivity index (χ3v) is 3.34. The molecule has 5 nitrogen and oxygen atoms in total. The van der Waals surface area contributed by atoms with Gasteiger partial charge in [0.15, 0.2) is 0 Å². The van der Waals surface area contributed by atoms with Crippen molar-refractivity contribution in [1.29, 1.82) is 0 Å². The Labute approximate surface area is 110 Å². The molecule has 0 aromatic carbocycles. The van der Waals surface area contributed by atoms with Crippen molar-refractivity contribution in [3.63, 3.8) is 0 Å². The van der Waals surface area contributed by atoms with E-state index in [0.717, 1.165) is 25.9 Å². The van der Waals surface area contributed by atoms with Crippen LogP contribution in [0.25, 0.3) is 0 Å². The summed E-state index contributed by atoms with van der Waals surface area (Å²) < 4.78 is 0. The SMILES string of the molecule is CCN(CC)CC(O)CNC(C)C(=O)NC1CC1. The topological polar surface area (TPSA) is 64.6 Å². The molecule has 0 aliphatic heterocycles. The van der Waals surface area contributed by atoms with Gasteiger partial charge in [0, 0.05) is 19.1 Å². The Morgan fingerprint density at radius 3 is 2.50 bits per heavy atom. The Bertz CT molecular complexity index is 253. The number of aliphatic hydroxyl groups is 1. The molecule has 1 aliphatic carbocycles. The number of carbonyl (C=O) groups is 1. The highest BCUT2D eigenvalue weighted by molar-refractivity contribution is 5.81. The second-order valence-electron chi connectivity index (χ2n) is 5.05. The van der Waals surface area contributed by atoms with Crippen molar-refractivity contribution in [1.82, 2.24) is 15.5 Å². The van der Waals surface area contributed by atoms with Gasteiger partial charge in [-0.15, -0.1) is 0 Å². The lowest BCUT2D eigenvalue weighted by Crippen LogP contribution is -2.47. The van der Waals surface area contributed by atoms with Gasteiger partial charge in [0.1, 0.15) is 0 Å². The minimum absolute atomic E-state index is 0.0348. The first-order chi connectivity index (χ1) is 8.56. The monoisotopic (exact) mass is 257 g/mol. The fourth-order valence-electron chi connectivity index (χ4n) is 1.80. The third kappa shape index (κ3) is 5.80. The Hall–Kier alpha value is -0.650. The van der Waals surface area contributed by atoms with Crippen molar-refractivity contribution in [3.05, 3.63) is 0 Å². The fourth-order valence-corrected chi connectivity index (χ4v) is 1.80. The van der Waals surface area contributed by atoms with Gasteiger partial charge >= 0.3 is 0 Å². The number of amides is 1. The molecule has 0 aromatic rings. The van der Waals surface area contributed by atoms with Crippen LogP contribution in [-0.2, 0) is 4.79 Å². The molecule has 0 heterocycles. The molecule has 2 unspecified atom stereocenters. The van der Waals surface area contributed by atoms with Crippen LogP contribution in [0.5, 0.6) is 0 Å². The van der Waals surface area contributed by atoms with Crippen LogP contribution in [0.4, 0.5) is 0 Å². The van der Waals surface area contributed by atoms with Gasteiger partial charge < -0.3 is 20.6 Å². The first kappa shape index (κ1) is 15.4. The van der Waals surface area contributed by atoms with E-state index in [4.69, 9.17) is 0 Å². The first-order valence-electron chi connectivity index (χ1n) is 7.01. The van der Waals surface area contributed by atoms with Gasteiger partial charge in [0.25, 0.3) is 0 Å². The zero-order valence-corrected chi connectivity index (χ0v) is 11.8. The predicted octanol–water partition coefficient (Wildman–Crippen LogP) is -0.0542. The highest BCUT2D eigenvalue weighted by Crippen LogP contribution is 2.18. The van der Waals surface area contributed by atoms with E-state index >= 15 is 0 Å². The zero-order chi connectivity index (χ0) is 13.5. The van der Waals surface area contributed by atoms with Crippen LogP contribution < -0.4 is 10.6 Å². The van der Waals surface area contributed by atoms with Gasteiger partial charge in [0.05, 0.1) is 12.1 Å². The van der Waals surface area contributed by atoms with Gasteiger partial charge in [-0.1, -0.05) is 13.8 Å². The van der Waals surface area contributed by atoms with Gasteiger partial charge in [-0.05, 0) is 32.9 Å². The Morgan fingerprint density at radius 2 is 2.00 bits per heavy atom. The molecule has 1 fully saturated rings. The zero-order valence-electron chi connectivity index (χ0n) is 11.8. The minimum Gasteiger partial charge on any atom is -0.390 e. The maximum absolute atomic E-state index is 11.7. The summed E-state index contributed by atoms with van der Waals surface area (Å²) >= 11 is 0. The van der Waals surface area contributed by atoms with Crippen LogP contribution >= 0.6 is 0 Å². The summed E-state index contributed by atoms with van der Waals surface area (Å²) in [6.45, 7) is 8.97. The molecular weight excluding hydrogens is 230 g/mol. The van der Waals surface area contributed by atoms with E-state index < -0.39 is 6.10 Å². The highest BCUT2D eigenvalue weighted by Gasteiger charge is 2.25. The normalized spacial score (nSPS) is 18.7. The molecule has 2 atom stereocenters. The van der Waals surface area contributed by atoms with Crippen molar-refractivity contribution in [2.45, 2.75) is 51.8 Å². The first-order valence-corrected chi connectivity index (χ1v) is 7.01. The number of hydrogen-bond acceptors (Lipinski definition) is 4. The second kappa shape index (κ2) is 7.71. The third-order valence-electron chi connectivity index (χ3n) is 3.34. The summed E-state index contributed by atoms with van der Waals surface area (Å²) in [7, 11) is 0. The molecule has 1 aliphatic rings. The molecular formula is C13H27N3O2. The van der Waals surface area contributed by atoms with Gasteiger partial charge in [-0.25, -0.2) is 0 Å². The standard InChI is InChI=1S/C13H27N3O2/c1-4-16(5-2)9-12(17)8-14-10(3)13(18)15-11-6-7-11/h10-12,14,17H,4-9H2,1-3H3,(H,15,18). The summed E-state index contributed by atoms with van der Waals surface area (Å²) in [4.78, 5) is 13.8. The molecule has 0 radical (unpaired) electrons. The van der Waals surface area contributed by atoms with E-state index in [0.29, 0.717) is 19.1 Å². The van der Waals surface area contributed by atoms with Crippen molar-refractivity contribution in [3.8, 4) is 0 Å². The Balaban J connectivity index is 2.15. The summed E-state index contributed by atoms with van der Waals surface area (Å²) in [5, 5.41) is 15.9. The Kier molecular flexibility index (Phi) is 6.60. The fraction of sp³-hybridized carbons (Fsp3) is 0.923. The minimum atomic E-state index is -0.430. The average Bonchev–Trinajstić information content (AvgIpc) is 3.16. The van der Waals surface area contributed by atoms with Gasteiger partial charge in [-0.3, -0.25) is 4.79 Å². The molecule has 18 heavy (non-hydrogen) atoms. The lowest BCUT2D eigenvalue weighted by atomic mass is 10.2. The van der Waals surface area contributed by atoms with Crippen LogP contribution in [0, 0.1) is 0 Å². The predicted molar refractivity (Wildman–Crippen MR) is 72.4 cm³/mol. The Morgan fingerprint density at radius 1 is 1.39 bits per heavy atom. The number of nitrogens with one attached hydrogen (secondary N) is 2. The summed E-state index contributed by atoms with van der Waals surface area (Å²) in [6, 6.07) is 0.152. The van der Waals surface area contributed by atoms with E-state index in [1.54, 1.807) is 0 Å². The quantitative estimate of drug-likeness (QED) is 0.542. The summed E-state index contributed by atoms with van der Waals surface area (Å²) in [6.07, 6.45) is 1.77. The highest BCUT2D eigenvalue weighted by atomic mass is 16.3. The van der Waals surface area contributed by atoms with Gasteiger partial charge in [0.2, 0.25) is 5.91 Å². The largest absolute Gasteiger partial charge is 0.390 e. The number of likely N-dealkylation sites (N-methyl/N-ethyl adjacent to an activating group) is 1. The van der Waals surface area contributed by atoms with Crippen LogP contribution in [0.2, 0.25) is 0 Å². The lowest BCUT2D eigenvalue weighted by Gasteiger charge is -2.23. The molecule has 106 valence electrons. The number of nitrogens with zero attached hydrogens (tertiary/aromatic N) is 1. The van der Waals surface area contributed by atoms with Crippen molar-refractivity contribution in [2.75, 3.05) is 26.2 Å². The maximum Gasteiger partial charge on any atom is 0.237 e. The number of rotatable bonds is 9. The van der Waals surface area contributed by atoms with Crippen LogP contribution in [0.3, 0.4) is 0 Å². The van der Waals surface area contributed by atoms with Crippen molar-refractivity contribution in [2.24, 2.45) is 0 Å².